The summed E-state index contributed by atoms with van der Waals surface area (Å²) in [6, 6.07) is 18.3. The first-order valence-electron chi connectivity index (χ1n) is 8.83. The van der Waals surface area contributed by atoms with E-state index in [1.165, 1.54) is 17.4 Å². The lowest BCUT2D eigenvalue weighted by molar-refractivity contribution is 0.0959. The molecule has 28 heavy (non-hydrogen) atoms. The summed E-state index contributed by atoms with van der Waals surface area (Å²) in [5.41, 5.74) is 6.04. The number of hydrogen-bond acceptors (Lipinski definition) is 3. The van der Waals surface area contributed by atoms with Crippen molar-refractivity contribution >= 4 is 34.4 Å². The highest BCUT2D eigenvalue weighted by Gasteiger charge is 2.14. The van der Waals surface area contributed by atoms with Gasteiger partial charge in [-0.25, -0.2) is 9.82 Å². The Morgan fingerprint density at radius 1 is 1.14 bits per heavy atom. The second-order valence-corrected chi connectivity index (χ2v) is 7.32. The minimum Gasteiger partial charge on any atom is -0.340 e. The molecule has 0 atom stereocenters. The van der Waals surface area contributed by atoms with Crippen LogP contribution < -0.4 is 5.43 Å². The Kier molecular flexibility index (Phi) is 5.04. The minimum atomic E-state index is -0.237. The van der Waals surface area contributed by atoms with Crippen LogP contribution in [0, 0.1) is 12.7 Å². The summed E-state index contributed by atoms with van der Waals surface area (Å²) >= 11 is 1.36. The zero-order chi connectivity index (χ0) is 19.5. The van der Waals surface area contributed by atoms with Gasteiger partial charge in [-0.3, -0.25) is 4.79 Å². The van der Waals surface area contributed by atoms with Crippen LogP contribution in [0.3, 0.4) is 0 Å². The first kappa shape index (κ1) is 18.1. The summed E-state index contributed by atoms with van der Waals surface area (Å²) in [6.45, 7) is 2.40. The number of para-hydroxylation sites is 1. The molecule has 0 spiro atoms. The second kappa shape index (κ2) is 7.78. The number of amides is 1. The van der Waals surface area contributed by atoms with E-state index >= 15 is 0 Å². The highest BCUT2D eigenvalue weighted by molar-refractivity contribution is 7.12. The molecule has 0 saturated heterocycles. The molecular formula is C22H18FN3OS. The fourth-order valence-corrected chi connectivity index (χ4v) is 3.85. The molecule has 4 rings (SSSR count). The molecule has 0 fully saturated rings. The molecular weight excluding hydrogens is 373 g/mol. The monoisotopic (exact) mass is 391 g/mol. The van der Waals surface area contributed by atoms with Crippen molar-refractivity contribution in [2.24, 2.45) is 5.10 Å². The van der Waals surface area contributed by atoms with Crippen LogP contribution in [0.4, 0.5) is 4.39 Å². The standard InChI is InChI=1S/C22H18FN3OS/c1-15-18(13-24-25-22(27)21-11-6-12-28-21)17-8-3-5-10-20(17)26(15)14-16-7-2-4-9-19(16)23/h2-13H,14H2,1H3,(H,25,27)/b24-13-. The van der Waals surface area contributed by atoms with Crippen molar-refractivity contribution in [3.8, 4) is 0 Å². The molecule has 2 aromatic heterocycles. The molecule has 0 aliphatic rings. The average Bonchev–Trinajstić information content (AvgIpc) is 3.33. The van der Waals surface area contributed by atoms with E-state index < -0.39 is 0 Å². The minimum absolute atomic E-state index is 0.224. The Morgan fingerprint density at radius 3 is 2.71 bits per heavy atom. The number of hydrazone groups is 1. The highest BCUT2D eigenvalue weighted by atomic mass is 32.1. The normalized spacial score (nSPS) is 11.4. The Bertz CT molecular complexity index is 1160. The molecule has 0 aliphatic heterocycles. The molecule has 6 heteroatoms. The molecule has 2 heterocycles. The number of halogens is 1. The number of fused-ring (bicyclic) bond motifs is 1. The fourth-order valence-electron chi connectivity index (χ4n) is 3.24. The molecule has 4 aromatic rings. The molecule has 2 aromatic carbocycles. The van der Waals surface area contributed by atoms with Crippen molar-refractivity contribution in [3.63, 3.8) is 0 Å². The van der Waals surface area contributed by atoms with Crippen LogP contribution in [0.2, 0.25) is 0 Å². The predicted molar refractivity (Wildman–Crippen MR) is 112 cm³/mol. The number of hydrogen-bond donors (Lipinski definition) is 1. The molecule has 0 aliphatic carbocycles. The van der Waals surface area contributed by atoms with Crippen molar-refractivity contribution in [2.45, 2.75) is 13.5 Å². The molecule has 4 nitrogen and oxygen atoms in total. The molecule has 0 saturated carbocycles. The van der Waals surface area contributed by atoms with Crippen LogP contribution >= 0.6 is 11.3 Å². The number of benzene rings is 2. The highest BCUT2D eigenvalue weighted by Crippen LogP contribution is 2.26. The average molecular weight is 391 g/mol. The molecule has 1 N–H and O–H groups in total. The van der Waals surface area contributed by atoms with Gasteiger partial charge in [0.15, 0.2) is 0 Å². The summed E-state index contributed by atoms with van der Waals surface area (Å²) in [5, 5.41) is 6.99. The zero-order valence-corrected chi connectivity index (χ0v) is 16.0. The zero-order valence-electron chi connectivity index (χ0n) is 15.2. The van der Waals surface area contributed by atoms with Crippen molar-refractivity contribution in [1.29, 1.82) is 0 Å². The summed E-state index contributed by atoms with van der Waals surface area (Å²) in [4.78, 5) is 12.7. The van der Waals surface area contributed by atoms with E-state index in [9.17, 15) is 9.18 Å². The lowest BCUT2D eigenvalue weighted by Crippen LogP contribution is -2.16. The van der Waals surface area contributed by atoms with E-state index in [-0.39, 0.29) is 11.7 Å². The summed E-state index contributed by atoms with van der Waals surface area (Å²) in [5.74, 6) is -0.461. The Hall–Kier alpha value is -3.25. The molecule has 140 valence electrons. The topological polar surface area (TPSA) is 46.4 Å². The number of carbonyl (C=O) groups is 1. The SMILES string of the molecule is Cc1c(/C=N\NC(=O)c2cccs2)c2ccccc2n1Cc1ccccc1F. The van der Waals surface area contributed by atoms with Crippen molar-refractivity contribution in [1.82, 2.24) is 9.99 Å². The van der Waals surface area contributed by atoms with Crippen LogP contribution in [0.1, 0.15) is 26.5 Å². The Balaban J connectivity index is 1.67. The van der Waals surface area contributed by atoms with Gasteiger partial charge in [0.25, 0.3) is 5.91 Å². The maximum Gasteiger partial charge on any atom is 0.281 e. The van der Waals surface area contributed by atoms with E-state index in [1.807, 2.05) is 48.7 Å². The first-order valence-corrected chi connectivity index (χ1v) is 9.71. The van der Waals surface area contributed by atoms with E-state index in [2.05, 4.69) is 15.1 Å². The number of thiophene rings is 1. The Labute approximate surface area is 165 Å². The summed E-state index contributed by atoms with van der Waals surface area (Å²) in [6.07, 6.45) is 1.65. The number of rotatable bonds is 5. The molecule has 0 unspecified atom stereocenters. The maximum atomic E-state index is 14.2. The van der Waals surface area contributed by atoms with E-state index in [0.717, 1.165) is 22.2 Å². The number of nitrogens with one attached hydrogen (secondary N) is 1. The smallest absolute Gasteiger partial charge is 0.281 e. The third kappa shape index (κ3) is 3.46. The number of carbonyl (C=O) groups excluding carboxylic acids is 1. The van der Waals surface area contributed by atoms with E-state index in [1.54, 1.807) is 24.4 Å². The largest absolute Gasteiger partial charge is 0.340 e. The van der Waals surface area contributed by atoms with Gasteiger partial charge in [0.1, 0.15) is 5.82 Å². The predicted octanol–water partition coefficient (Wildman–Crippen LogP) is 4.96. The van der Waals surface area contributed by atoms with Gasteiger partial charge in [-0.1, -0.05) is 42.5 Å². The van der Waals surface area contributed by atoms with E-state index in [4.69, 9.17) is 0 Å². The molecule has 0 radical (unpaired) electrons. The number of aromatic nitrogens is 1. The lowest BCUT2D eigenvalue weighted by atomic mass is 10.1. The van der Waals surface area contributed by atoms with Gasteiger partial charge in [0.2, 0.25) is 0 Å². The van der Waals surface area contributed by atoms with Gasteiger partial charge in [-0.2, -0.15) is 5.10 Å². The maximum absolute atomic E-state index is 14.2. The van der Waals surface area contributed by atoms with Gasteiger partial charge in [-0.05, 0) is 30.5 Å². The second-order valence-electron chi connectivity index (χ2n) is 6.37. The van der Waals surface area contributed by atoms with Gasteiger partial charge in [-0.15, -0.1) is 11.3 Å². The third-order valence-electron chi connectivity index (χ3n) is 4.67. The third-order valence-corrected chi connectivity index (χ3v) is 5.54. The molecule has 1 amide bonds. The summed E-state index contributed by atoms with van der Waals surface area (Å²) in [7, 11) is 0. The Morgan fingerprint density at radius 2 is 1.93 bits per heavy atom. The van der Waals surface area contributed by atoms with Crippen LogP contribution in [0.5, 0.6) is 0 Å². The lowest BCUT2D eigenvalue weighted by Gasteiger charge is -2.09. The number of nitrogens with zero attached hydrogens (tertiary/aromatic N) is 2. The fraction of sp³-hybridized carbons (Fsp3) is 0.0909. The van der Waals surface area contributed by atoms with Crippen LogP contribution in [-0.4, -0.2) is 16.7 Å². The van der Waals surface area contributed by atoms with Gasteiger partial charge in [0, 0.05) is 27.7 Å². The van der Waals surface area contributed by atoms with E-state index in [0.29, 0.717) is 17.0 Å². The van der Waals surface area contributed by atoms with Crippen LogP contribution in [-0.2, 0) is 6.54 Å². The van der Waals surface area contributed by atoms with Gasteiger partial charge >= 0.3 is 0 Å². The van der Waals surface area contributed by atoms with Gasteiger partial charge < -0.3 is 4.57 Å². The summed E-state index contributed by atoms with van der Waals surface area (Å²) < 4.78 is 16.2. The van der Waals surface area contributed by atoms with Crippen LogP contribution in [0.25, 0.3) is 10.9 Å². The van der Waals surface area contributed by atoms with Crippen molar-refractivity contribution in [3.05, 3.63) is 93.6 Å². The molecule has 0 bridgehead atoms. The quantitative estimate of drug-likeness (QED) is 0.379. The van der Waals surface area contributed by atoms with Crippen molar-refractivity contribution in [2.75, 3.05) is 0 Å². The van der Waals surface area contributed by atoms with Gasteiger partial charge in [0.05, 0.1) is 17.6 Å². The van der Waals surface area contributed by atoms with Crippen molar-refractivity contribution < 1.29 is 9.18 Å². The first-order chi connectivity index (χ1) is 13.6. The van der Waals surface area contributed by atoms with Crippen LogP contribution in [0.15, 0.2) is 71.1 Å².